The minimum atomic E-state index is -0.260. The molecule has 0 spiro atoms. The first-order chi connectivity index (χ1) is 8.13. The first-order valence-corrected chi connectivity index (χ1v) is 5.96. The zero-order valence-electron chi connectivity index (χ0n) is 10.4. The van der Waals surface area contributed by atoms with Crippen LogP contribution in [0.4, 0.5) is 10.1 Å². The maximum atomic E-state index is 13.8. The first-order valence-electron chi connectivity index (χ1n) is 5.96. The number of fused-ring (bicyclic) bond motifs is 1. The molecular weight excluding hydrogens is 215 g/mol. The van der Waals surface area contributed by atoms with E-state index in [-0.39, 0.29) is 11.7 Å². The molecule has 0 unspecified atom stereocenters. The Morgan fingerprint density at radius 2 is 2.12 bits per heavy atom. The number of halogens is 1. The van der Waals surface area contributed by atoms with Crippen LogP contribution in [-0.2, 0) is 0 Å². The summed E-state index contributed by atoms with van der Waals surface area (Å²) in [7, 11) is 0. The topological polar surface area (TPSA) is 24.9 Å². The number of nitrogens with one attached hydrogen (secondary N) is 1. The Balaban J connectivity index is 2.72. The number of anilines is 1. The maximum Gasteiger partial charge on any atom is 0.149 e. The number of rotatable bonds is 3. The van der Waals surface area contributed by atoms with Gasteiger partial charge in [-0.05, 0) is 25.0 Å². The molecule has 1 heterocycles. The van der Waals surface area contributed by atoms with Crippen molar-refractivity contribution < 1.29 is 4.39 Å². The van der Waals surface area contributed by atoms with Crippen molar-refractivity contribution in [3.63, 3.8) is 0 Å². The van der Waals surface area contributed by atoms with Crippen LogP contribution in [0.5, 0.6) is 0 Å². The van der Waals surface area contributed by atoms with E-state index in [9.17, 15) is 4.39 Å². The van der Waals surface area contributed by atoms with E-state index >= 15 is 0 Å². The second kappa shape index (κ2) is 4.70. The molecule has 0 atom stereocenters. The third-order valence-electron chi connectivity index (χ3n) is 2.77. The van der Waals surface area contributed by atoms with Crippen LogP contribution in [0.1, 0.15) is 32.4 Å². The number of para-hydroxylation sites is 1. The van der Waals surface area contributed by atoms with Gasteiger partial charge in [0, 0.05) is 23.3 Å². The third-order valence-corrected chi connectivity index (χ3v) is 2.77. The number of pyridine rings is 1. The van der Waals surface area contributed by atoms with E-state index in [1.807, 2.05) is 19.1 Å². The van der Waals surface area contributed by atoms with Crippen molar-refractivity contribution in [3.05, 3.63) is 35.8 Å². The normalized spacial score (nSPS) is 11.1. The molecule has 1 N–H and O–H groups in total. The average Bonchev–Trinajstić information content (AvgIpc) is 2.30. The Morgan fingerprint density at radius 1 is 1.35 bits per heavy atom. The number of benzene rings is 1. The Labute approximate surface area is 101 Å². The molecule has 0 bridgehead atoms. The number of hydrogen-bond donors (Lipinski definition) is 1. The van der Waals surface area contributed by atoms with E-state index < -0.39 is 0 Å². The van der Waals surface area contributed by atoms with Gasteiger partial charge >= 0.3 is 0 Å². The molecule has 0 aliphatic carbocycles. The average molecular weight is 232 g/mol. The fraction of sp³-hybridized carbons (Fsp3) is 0.357. The molecule has 0 radical (unpaired) electrons. The molecule has 1 aromatic heterocycles. The fourth-order valence-electron chi connectivity index (χ4n) is 1.87. The van der Waals surface area contributed by atoms with Crippen molar-refractivity contribution >= 4 is 16.6 Å². The predicted octanol–water partition coefficient (Wildman–Crippen LogP) is 3.93. The fourth-order valence-corrected chi connectivity index (χ4v) is 1.87. The molecule has 0 saturated heterocycles. The van der Waals surface area contributed by atoms with Gasteiger partial charge in [0.2, 0.25) is 0 Å². The molecular formula is C14H17FN2. The van der Waals surface area contributed by atoms with Crippen molar-refractivity contribution in [2.45, 2.75) is 26.7 Å². The van der Waals surface area contributed by atoms with Crippen LogP contribution in [-0.4, -0.2) is 11.5 Å². The highest BCUT2D eigenvalue weighted by Crippen LogP contribution is 2.27. The zero-order chi connectivity index (χ0) is 12.4. The van der Waals surface area contributed by atoms with Crippen molar-refractivity contribution in [2.75, 3.05) is 11.9 Å². The predicted molar refractivity (Wildman–Crippen MR) is 70.0 cm³/mol. The van der Waals surface area contributed by atoms with Gasteiger partial charge in [-0.25, -0.2) is 9.37 Å². The molecule has 0 aliphatic heterocycles. The quantitative estimate of drug-likeness (QED) is 0.867. The largest absolute Gasteiger partial charge is 0.385 e. The summed E-state index contributed by atoms with van der Waals surface area (Å²) in [6, 6.07) is 7.08. The van der Waals surface area contributed by atoms with Crippen molar-refractivity contribution in [3.8, 4) is 0 Å². The lowest BCUT2D eigenvalue weighted by Crippen LogP contribution is -2.02. The van der Waals surface area contributed by atoms with Crippen LogP contribution in [0.2, 0.25) is 0 Å². The van der Waals surface area contributed by atoms with Crippen molar-refractivity contribution in [2.24, 2.45) is 0 Å². The SMILES string of the molecule is CCNc1cc(C(C)C)nc2c(F)cccc12. The highest BCUT2D eigenvalue weighted by Gasteiger charge is 2.10. The van der Waals surface area contributed by atoms with E-state index in [0.29, 0.717) is 5.52 Å². The number of hydrogen-bond acceptors (Lipinski definition) is 2. The Morgan fingerprint density at radius 3 is 2.76 bits per heavy atom. The highest BCUT2D eigenvalue weighted by atomic mass is 19.1. The lowest BCUT2D eigenvalue weighted by Gasteiger charge is -2.12. The van der Waals surface area contributed by atoms with Gasteiger partial charge in [-0.1, -0.05) is 26.0 Å². The van der Waals surface area contributed by atoms with E-state index in [1.165, 1.54) is 6.07 Å². The summed E-state index contributed by atoms with van der Waals surface area (Å²) in [5, 5.41) is 4.11. The van der Waals surface area contributed by atoms with Crippen LogP contribution >= 0.6 is 0 Å². The minimum absolute atomic E-state index is 0.260. The monoisotopic (exact) mass is 232 g/mol. The second-order valence-corrected chi connectivity index (χ2v) is 4.42. The number of aromatic nitrogens is 1. The molecule has 0 fully saturated rings. The summed E-state index contributed by atoms with van der Waals surface area (Å²) in [5.41, 5.74) is 2.33. The van der Waals surface area contributed by atoms with E-state index in [0.717, 1.165) is 23.3 Å². The number of nitrogens with zero attached hydrogens (tertiary/aromatic N) is 1. The Bertz CT molecular complexity index is 535. The molecule has 2 aromatic rings. The van der Waals surface area contributed by atoms with Gasteiger partial charge in [0.1, 0.15) is 11.3 Å². The molecule has 1 aromatic carbocycles. The summed E-state index contributed by atoms with van der Waals surface area (Å²) in [6.45, 7) is 6.96. The van der Waals surface area contributed by atoms with Gasteiger partial charge in [-0.3, -0.25) is 0 Å². The lowest BCUT2D eigenvalue weighted by molar-refractivity contribution is 0.635. The van der Waals surface area contributed by atoms with Crippen molar-refractivity contribution in [1.29, 1.82) is 0 Å². The summed E-state index contributed by atoms with van der Waals surface area (Å²) in [4.78, 5) is 4.40. The maximum absolute atomic E-state index is 13.8. The van der Waals surface area contributed by atoms with Crippen LogP contribution in [0.3, 0.4) is 0 Å². The van der Waals surface area contributed by atoms with Gasteiger partial charge in [-0.15, -0.1) is 0 Å². The molecule has 3 heteroatoms. The molecule has 2 rings (SSSR count). The smallest absolute Gasteiger partial charge is 0.149 e. The molecule has 2 nitrogen and oxygen atoms in total. The Kier molecular flexibility index (Phi) is 3.27. The zero-order valence-corrected chi connectivity index (χ0v) is 10.4. The van der Waals surface area contributed by atoms with Gasteiger partial charge < -0.3 is 5.32 Å². The first kappa shape index (κ1) is 11.8. The summed E-state index contributed by atoms with van der Waals surface area (Å²) in [6.07, 6.45) is 0. The summed E-state index contributed by atoms with van der Waals surface area (Å²) < 4.78 is 13.8. The van der Waals surface area contributed by atoms with E-state index in [2.05, 4.69) is 24.1 Å². The minimum Gasteiger partial charge on any atom is -0.385 e. The van der Waals surface area contributed by atoms with Crippen LogP contribution in [0, 0.1) is 5.82 Å². The summed E-state index contributed by atoms with van der Waals surface area (Å²) in [5.74, 6) is 0.0283. The standard InChI is InChI=1S/C14H17FN2/c1-4-16-13-8-12(9(2)3)17-14-10(13)6-5-7-11(14)15/h5-9H,4H2,1-3H3,(H,16,17). The molecule has 90 valence electrons. The molecule has 0 saturated carbocycles. The highest BCUT2D eigenvalue weighted by molar-refractivity contribution is 5.91. The van der Waals surface area contributed by atoms with E-state index in [4.69, 9.17) is 0 Å². The molecule has 17 heavy (non-hydrogen) atoms. The van der Waals surface area contributed by atoms with Crippen LogP contribution in [0.25, 0.3) is 10.9 Å². The Hall–Kier alpha value is -1.64. The van der Waals surface area contributed by atoms with Gasteiger partial charge in [0.15, 0.2) is 0 Å². The van der Waals surface area contributed by atoms with Gasteiger partial charge in [-0.2, -0.15) is 0 Å². The van der Waals surface area contributed by atoms with Gasteiger partial charge in [0.25, 0.3) is 0 Å². The summed E-state index contributed by atoms with van der Waals surface area (Å²) >= 11 is 0. The van der Waals surface area contributed by atoms with Crippen LogP contribution < -0.4 is 5.32 Å². The van der Waals surface area contributed by atoms with Crippen molar-refractivity contribution in [1.82, 2.24) is 4.98 Å². The molecule has 0 amide bonds. The van der Waals surface area contributed by atoms with E-state index in [1.54, 1.807) is 6.07 Å². The van der Waals surface area contributed by atoms with Crippen LogP contribution in [0.15, 0.2) is 24.3 Å². The third kappa shape index (κ3) is 2.23. The lowest BCUT2D eigenvalue weighted by atomic mass is 10.1. The second-order valence-electron chi connectivity index (χ2n) is 4.42. The molecule has 0 aliphatic rings. The van der Waals surface area contributed by atoms with Gasteiger partial charge in [0.05, 0.1) is 0 Å².